The van der Waals surface area contributed by atoms with Gasteiger partial charge < -0.3 is 10.1 Å². The molecular weight excluding hydrogens is 252 g/mol. The molecule has 0 amide bonds. The van der Waals surface area contributed by atoms with Crippen molar-refractivity contribution in [1.29, 1.82) is 0 Å². The molecule has 1 aromatic carbocycles. The third kappa shape index (κ3) is 2.87. The number of hydrogen-bond acceptors (Lipinski definition) is 5. The number of halogens is 1. The zero-order chi connectivity index (χ0) is 13.1. The summed E-state index contributed by atoms with van der Waals surface area (Å²) in [6.45, 7) is 3.95. The molecule has 0 fully saturated rings. The van der Waals surface area contributed by atoms with E-state index < -0.39 is 0 Å². The predicted molar refractivity (Wildman–Crippen MR) is 70.4 cm³/mol. The molecule has 0 saturated carbocycles. The fourth-order valence-corrected chi connectivity index (χ4v) is 1.56. The summed E-state index contributed by atoms with van der Waals surface area (Å²) in [5, 5.41) is 2.89. The van der Waals surface area contributed by atoms with Crippen LogP contribution in [0.1, 0.15) is 11.1 Å². The van der Waals surface area contributed by atoms with Crippen molar-refractivity contribution in [2.24, 2.45) is 0 Å². The first-order valence-corrected chi connectivity index (χ1v) is 5.80. The second-order valence-corrected chi connectivity index (χ2v) is 4.17. The monoisotopic (exact) mass is 264 g/mol. The van der Waals surface area contributed by atoms with E-state index in [9.17, 15) is 0 Å². The number of hydrogen-bond donors (Lipinski definition) is 1. The summed E-state index contributed by atoms with van der Waals surface area (Å²) in [5.41, 5.74) is 2.10. The van der Waals surface area contributed by atoms with Crippen molar-refractivity contribution in [2.45, 2.75) is 13.8 Å². The van der Waals surface area contributed by atoms with E-state index in [0.29, 0.717) is 11.7 Å². The molecule has 0 aliphatic heterocycles. The van der Waals surface area contributed by atoms with Crippen LogP contribution in [-0.2, 0) is 0 Å². The SMILES string of the molecule is CNc1nc(Cl)nc(Oc2cc(C)ccc2C)n1. The highest BCUT2D eigenvalue weighted by atomic mass is 35.5. The van der Waals surface area contributed by atoms with E-state index >= 15 is 0 Å². The predicted octanol–water partition coefficient (Wildman–Crippen LogP) is 2.98. The van der Waals surface area contributed by atoms with E-state index in [1.54, 1.807) is 7.05 Å². The molecule has 6 heteroatoms. The van der Waals surface area contributed by atoms with E-state index in [1.807, 2.05) is 32.0 Å². The molecule has 1 aromatic heterocycles. The highest BCUT2D eigenvalue weighted by Gasteiger charge is 2.08. The van der Waals surface area contributed by atoms with E-state index in [4.69, 9.17) is 16.3 Å². The summed E-state index contributed by atoms with van der Waals surface area (Å²) < 4.78 is 5.63. The molecule has 0 saturated heterocycles. The Morgan fingerprint density at radius 1 is 1.17 bits per heavy atom. The Hall–Kier alpha value is -1.88. The molecule has 0 aliphatic rings. The Morgan fingerprint density at radius 2 is 1.94 bits per heavy atom. The second-order valence-electron chi connectivity index (χ2n) is 3.83. The van der Waals surface area contributed by atoms with E-state index in [1.165, 1.54) is 0 Å². The number of aryl methyl sites for hydroxylation is 2. The molecule has 18 heavy (non-hydrogen) atoms. The minimum Gasteiger partial charge on any atom is -0.424 e. The molecule has 1 heterocycles. The minimum absolute atomic E-state index is 0.0923. The lowest BCUT2D eigenvalue weighted by Gasteiger charge is -2.08. The smallest absolute Gasteiger partial charge is 0.328 e. The Balaban J connectivity index is 2.33. The van der Waals surface area contributed by atoms with Crippen LogP contribution in [0.25, 0.3) is 0 Å². The number of nitrogens with zero attached hydrogens (tertiary/aromatic N) is 3. The fourth-order valence-electron chi connectivity index (χ4n) is 1.40. The third-order valence-corrected chi connectivity index (χ3v) is 2.53. The molecule has 2 rings (SSSR count). The summed E-state index contributed by atoms with van der Waals surface area (Å²) in [5.74, 6) is 1.08. The van der Waals surface area contributed by atoms with Crippen LogP contribution in [0.2, 0.25) is 5.28 Å². The van der Waals surface area contributed by atoms with E-state index in [0.717, 1.165) is 11.1 Å². The first kappa shape index (κ1) is 12.6. The molecule has 0 aliphatic carbocycles. The second kappa shape index (κ2) is 5.18. The number of rotatable bonds is 3. The first-order valence-electron chi connectivity index (χ1n) is 5.43. The van der Waals surface area contributed by atoms with Crippen molar-refractivity contribution in [3.05, 3.63) is 34.6 Å². The van der Waals surface area contributed by atoms with Crippen LogP contribution in [-0.4, -0.2) is 22.0 Å². The van der Waals surface area contributed by atoms with Gasteiger partial charge in [0.25, 0.3) is 0 Å². The van der Waals surface area contributed by atoms with Crippen molar-refractivity contribution in [3.8, 4) is 11.8 Å². The Kier molecular flexibility index (Phi) is 3.62. The lowest BCUT2D eigenvalue weighted by Crippen LogP contribution is -2.01. The highest BCUT2D eigenvalue weighted by Crippen LogP contribution is 2.24. The summed E-state index contributed by atoms with van der Waals surface area (Å²) in [6, 6.07) is 6.09. The molecule has 1 N–H and O–H groups in total. The number of anilines is 1. The fraction of sp³-hybridized carbons (Fsp3) is 0.250. The number of aromatic nitrogens is 3. The molecular formula is C12H13ClN4O. The molecule has 2 aromatic rings. The normalized spacial score (nSPS) is 10.2. The van der Waals surface area contributed by atoms with Crippen LogP contribution in [0.4, 0.5) is 5.95 Å². The van der Waals surface area contributed by atoms with Gasteiger partial charge in [0.2, 0.25) is 11.2 Å². The maximum Gasteiger partial charge on any atom is 0.328 e. The molecule has 0 atom stereocenters. The van der Waals surface area contributed by atoms with Gasteiger partial charge in [-0.1, -0.05) is 12.1 Å². The minimum atomic E-state index is 0.0923. The maximum absolute atomic E-state index is 5.78. The van der Waals surface area contributed by atoms with Crippen molar-refractivity contribution in [1.82, 2.24) is 15.0 Å². The third-order valence-electron chi connectivity index (χ3n) is 2.36. The average Bonchev–Trinajstić information content (AvgIpc) is 2.33. The quantitative estimate of drug-likeness (QED) is 0.923. The lowest BCUT2D eigenvalue weighted by atomic mass is 10.1. The number of ether oxygens (including phenoxy) is 1. The Morgan fingerprint density at radius 3 is 2.67 bits per heavy atom. The van der Waals surface area contributed by atoms with Crippen LogP contribution in [0.15, 0.2) is 18.2 Å². The van der Waals surface area contributed by atoms with Crippen LogP contribution in [0.5, 0.6) is 11.8 Å². The number of benzene rings is 1. The van der Waals surface area contributed by atoms with Crippen molar-refractivity contribution in [2.75, 3.05) is 12.4 Å². The molecule has 0 bridgehead atoms. The standard InChI is InChI=1S/C12H13ClN4O/c1-7-4-5-8(2)9(6-7)18-12-16-10(13)15-11(14-3)17-12/h4-6H,1-3H3,(H,14,15,16,17). The van der Waals surface area contributed by atoms with Gasteiger partial charge in [0.05, 0.1) is 0 Å². The maximum atomic E-state index is 5.78. The van der Waals surface area contributed by atoms with Gasteiger partial charge in [0, 0.05) is 7.05 Å². The summed E-state index contributed by atoms with van der Waals surface area (Å²) in [7, 11) is 1.70. The Labute approximate surface area is 110 Å². The van der Waals surface area contributed by atoms with E-state index in [2.05, 4.69) is 20.3 Å². The molecule has 5 nitrogen and oxygen atoms in total. The van der Waals surface area contributed by atoms with E-state index in [-0.39, 0.29) is 11.3 Å². The van der Waals surface area contributed by atoms with Gasteiger partial charge in [-0.3, -0.25) is 0 Å². The van der Waals surface area contributed by atoms with Gasteiger partial charge in [0.15, 0.2) is 0 Å². The van der Waals surface area contributed by atoms with Crippen LogP contribution >= 0.6 is 11.6 Å². The first-order chi connectivity index (χ1) is 8.58. The van der Waals surface area contributed by atoms with Crippen LogP contribution in [0.3, 0.4) is 0 Å². The zero-order valence-electron chi connectivity index (χ0n) is 10.4. The molecule has 0 unspecified atom stereocenters. The number of nitrogens with one attached hydrogen (secondary N) is 1. The topological polar surface area (TPSA) is 59.9 Å². The van der Waals surface area contributed by atoms with Gasteiger partial charge in [0.1, 0.15) is 5.75 Å². The van der Waals surface area contributed by atoms with Crippen LogP contribution in [0, 0.1) is 13.8 Å². The summed E-state index contributed by atoms with van der Waals surface area (Å²) >= 11 is 5.78. The molecule has 94 valence electrons. The summed E-state index contributed by atoms with van der Waals surface area (Å²) in [6.07, 6.45) is 0. The van der Waals surface area contributed by atoms with Gasteiger partial charge in [-0.25, -0.2) is 0 Å². The zero-order valence-corrected chi connectivity index (χ0v) is 11.1. The van der Waals surface area contributed by atoms with Crippen molar-refractivity contribution in [3.63, 3.8) is 0 Å². The van der Waals surface area contributed by atoms with Crippen molar-refractivity contribution < 1.29 is 4.74 Å². The summed E-state index contributed by atoms with van der Waals surface area (Å²) in [4.78, 5) is 11.9. The average molecular weight is 265 g/mol. The Bertz CT molecular complexity index is 574. The largest absolute Gasteiger partial charge is 0.424 e. The van der Waals surface area contributed by atoms with Crippen molar-refractivity contribution >= 4 is 17.5 Å². The van der Waals surface area contributed by atoms with Crippen LogP contribution < -0.4 is 10.1 Å². The molecule has 0 radical (unpaired) electrons. The van der Waals surface area contributed by atoms with Gasteiger partial charge in [-0.05, 0) is 42.6 Å². The van der Waals surface area contributed by atoms with Gasteiger partial charge in [-0.2, -0.15) is 15.0 Å². The van der Waals surface area contributed by atoms with Gasteiger partial charge >= 0.3 is 6.01 Å². The highest BCUT2D eigenvalue weighted by molar-refractivity contribution is 6.28. The van der Waals surface area contributed by atoms with Gasteiger partial charge in [-0.15, -0.1) is 0 Å². The lowest BCUT2D eigenvalue weighted by molar-refractivity contribution is 0.437. The molecule has 0 spiro atoms.